The Kier molecular flexibility index (Phi) is 6.59. The summed E-state index contributed by atoms with van der Waals surface area (Å²) < 4.78 is 20.2. The molecule has 8 nitrogen and oxygen atoms in total. The molecule has 0 atom stereocenters. The quantitative estimate of drug-likeness (QED) is 0.464. The molecule has 0 bridgehead atoms. The largest absolute Gasteiger partial charge is 0.498 e. The smallest absolute Gasteiger partial charge is 0.491 e. The van der Waals surface area contributed by atoms with Crippen LogP contribution in [0.4, 0.5) is 0 Å². The van der Waals surface area contributed by atoms with Crippen LogP contribution in [0.5, 0.6) is 5.75 Å². The van der Waals surface area contributed by atoms with E-state index in [1.807, 2.05) is 85.9 Å². The summed E-state index contributed by atoms with van der Waals surface area (Å²) in [5.41, 5.74) is 1.25. The van der Waals surface area contributed by atoms with Gasteiger partial charge in [-0.25, -0.2) is 14.5 Å². The molecule has 0 spiro atoms. The van der Waals surface area contributed by atoms with E-state index in [0.29, 0.717) is 15.7 Å². The number of carboxylic acids is 1. The molecule has 3 heterocycles. The number of thiazole rings is 1. The Bertz CT molecular complexity index is 1230. The second-order valence-electron chi connectivity index (χ2n) is 10.3. The van der Waals surface area contributed by atoms with E-state index in [4.69, 9.17) is 19.1 Å². The van der Waals surface area contributed by atoms with Crippen LogP contribution in [0.2, 0.25) is 0 Å². The van der Waals surface area contributed by atoms with Gasteiger partial charge in [0.1, 0.15) is 5.75 Å². The molecule has 3 aromatic rings. The molecule has 10 heteroatoms. The van der Waals surface area contributed by atoms with E-state index in [-0.39, 0.29) is 17.7 Å². The maximum absolute atomic E-state index is 11.8. The lowest BCUT2D eigenvalue weighted by Crippen LogP contribution is -2.41. The molecular weight excluding hydrogens is 465 g/mol. The third-order valence-electron chi connectivity index (χ3n) is 6.29. The van der Waals surface area contributed by atoms with Crippen molar-refractivity contribution >= 4 is 29.9 Å². The van der Waals surface area contributed by atoms with Crippen LogP contribution in [-0.2, 0) is 9.31 Å². The first-order valence-corrected chi connectivity index (χ1v) is 12.6. The molecule has 1 aliphatic heterocycles. The zero-order chi connectivity index (χ0) is 25.7. The van der Waals surface area contributed by atoms with E-state index in [9.17, 15) is 9.90 Å². The van der Waals surface area contributed by atoms with Crippen molar-refractivity contribution in [1.29, 1.82) is 0 Å². The van der Waals surface area contributed by atoms with Gasteiger partial charge in [0, 0.05) is 22.1 Å². The molecule has 1 saturated heterocycles. The van der Waals surface area contributed by atoms with Crippen molar-refractivity contribution in [2.75, 3.05) is 0 Å². The highest BCUT2D eigenvalue weighted by Crippen LogP contribution is 2.38. The standard InChI is InChI=1S/C25H32BN3O5S/c1-14(2)21-20(22(30)31)27-23(35-21)29-13-18(26-33-24(5,6)25(7,8)34-26)19(28-29)16-10-9-11-17(12-16)32-15(3)4/h9-15H,1-8H3,(H,30,31). The maximum atomic E-state index is 11.8. The number of aromatic nitrogens is 3. The highest BCUT2D eigenvalue weighted by atomic mass is 32.1. The Balaban J connectivity index is 1.85. The van der Waals surface area contributed by atoms with Gasteiger partial charge in [-0.15, -0.1) is 0 Å². The van der Waals surface area contributed by atoms with Crippen molar-refractivity contribution in [3.05, 3.63) is 41.0 Å². The molecule has 0 radical (unpaired) electrons. The van der Waals surface area contributed by atoms with E-state index in [0.717, 1.165) is 16.8 Å². The molecule has 2 aromatic heterocycles. The van der Waals surface area contributed by atoms with Crippen LogP contribution in [0.3, 0.4) is 0 Å². The Labute approximate surface area is 210 Å². The fourth-order valence-corrected chi connectivity index (χ4v) is 4.79. The number of carboxylic acid groups (broad SMARTS) is 1. The van der Waals surface area contributed by atoms with Crippen molar-refractivity contribution in [2.45, 2.75) is 78.6 Å². The van der Waals surface area contributed by atoms with Crippen LogP contribution in [0.1, 0.15) is 76.7 Å². The van der Waals surface area contributed by atoms with Gasteiger partial charge in [0.2, 0.25) is 5.13 Å². The van der Waals surface area contributed by atoms with E-state index in [1.165, 1.54) is 11.3 Å². The third kappa shape index (κ3) is 4.87. The van der Waals surface area contributed by atoms with Crippen LogP contribution in [-0.4, -0.2) is 50.3 Å². The molecule has 0 unspecified atom stereocenters. The highest BCUT2D eigenvalue weighted by molar-refractivity contribution is 7.14. The van der Waals surface area contributed by atoms with Gasteiger partial charge >= 0.3 is 13.1 Å². The molecular formula is C25H32BN3O5S. The van der Waals surface area contributed by atoms with Crippen LogP contribution in [0.25, 0.3) is 16.4 Å². The first kappa shape index (κ1) is 25.4. The summed E-state index contributed by atoms with van der Waals surface area (Å²) in [7, 11) is -0.651. The zero-order valence-electron chi connectivity index (χ0n) is 21.4. The van der Waals surface area contributed by atoms with Gasteiger partial charge in [0.25, 0.3) is 0 Å². The number of benzene rings is 1. The first-order chi connectivity index (χ1) is 16.3. The van der Waals surface area contributed by atoms with E-state index in [1.54, 1.807) is 4.68 Å². The highest BCUT2D eigenvalue weighted by Gasteiger charge is 2.53. The summed E-state index contributed by atoms with van der Waals surface area (Å²) >= 11 is 1.32. The van der Waals surface area contributed by atoms with Crippen LogP contribution < -0.4 is 10.2 Å². The zero-order valence-corrected chi connectivity index (χ0v) is 22.3. The first-order valence-electron chi connectivity index (χ1n) is 11.8. The molecule has 0 aliphatic carbocycles. The third-order valence-corrected chi connectivity index (χ3v) is 7.64. The predicted octanol–water partition coefficient (Wildman–Crippen LogP) is 4.90. The normalized spacial score (nSPS) is 16.9. The lowest BCUT2D eigenvalue weighted by Gasteiger charge is -2.32. The fourth-order valence-electron chi connectivity index (χ4n) is 3.80. The molecule has 0 amide bonds. The number of rotatable bonds is 7. The Morgan fingerprint density at radius 1 is 1.14 bits per heavy atom. The molecule has 35 heavy (non-hydrogen) atoms. The summed E-state index contributed by atoms with van der Waals surface area (Å²) in [4.78, 5) is 16.9. The molecule has 1 fully saturated rings. The number of hydrogen-bond donors (Lipinski definition) is 1. The summed E-state index contributed by atoms with van der Waals surface area (Å²) in [6.45, 7) is 15.9. The maximum Gasteiger partial charge on any atom is 0.498 e. The summed E-state index contributed by atoms with van der Waals surface area (Å²) in [5.74, 6) is -0.292. The number of aromatic carboxylic acids is 1. The summed E-state index contributed by atoms with van der Waals surface area (Å²) in [6, 6.07) is 7.72. The number of hydrogen-bond acceptors (Lipinski definition) is 7. The number of ether oxygens (including phenoxy) is 1. The molecule has 1 aromatic carbocycles. The lowest BCUT2D eigenvalue weighted by atomic mass is 9.78. The molecule has 186 valence electrons. The fraction of sp³-hybridized carbons (Fsp3) is 0.480. The van der Waals surface area contributed by atoms with Crippen molar-refractivity contribution in [2.24, 2.45) is 0 Å². The molecule has 1 aliphatic rings. The minimum Gasteiger partial charge on any atom is -0.491 e. The van der Waals surface area contributed by atoms with Crippen LogP contribution in [0.15, 0.2) is 30.5 Å². The monoisotopic (exact) mass is 497 g/mol. The van der Waals surface area contributed by atoms with Crippen molar-refractivity contribution in [1.82, 2.24) is 14.8 Å². The van der Waals surface area contributed by atoms with Crippen molar-refractivity contribution < 1.29 is 23.9 Å². The average Bonchev–Trinajstić information content (AvgIpc) is 3.42. The van der Waals surface area contributed by atoms with Gasteiger partial charge in [0.15, 0.2) is 5.69 Å². The molecule has 1 N–H and O–H groups in total. The Hall–Kier alpha value is -2.69. The van der Waals surface area contributed by atoms with E-state index in [2.05, 4.69) is 4.98 Å². The van der Waals surface area contributed by atoms with Gasteiger partial charge in [-0.2, -0.15) is 5.10 Å². The Morgan fingerprint density at radius 3 is 2.34 bits per heavy atom. The number of carbonyl (C=O) groups is 1. The summed E-state index contributed by atoms with van der Waals surface area (Å²) in [5, 5.41) is 15.0. The van der Waals surface area contributed by atoms with E-state index >= 15 is 0 Å². The minimum atomic E-state index is -1.05. The van der Waals surface area contributed by atoms with Gasteiger partial charge in [-0.1, -0.05) is 37.3 Å². The van der Waals surface area contributed by atoms with Crippen LogP contribution in [0, 0.1) is 0 Å². The summed E-state index contributed by atoms with van der Waals surface area (Å²) in [6.07, 6.45) is 1.85. The predicted molar refractivity (Wildman–Crippen MR) is 137 cm³/mol. The van der Waals surface area contributed by atoms with Gasteiger partial charge in [-0.05, 0) is 59.6 Å². The molecule has 4 rings (SSSR count). The second kappa shape index (κ2) is 9.07. The van der Waals surface area contributed by atoms with Crippen molar-refractivity contribution in [3.63, 3.8) is 0 Å². The minimum absolute atomic E-state index is 0.0230. The topological polar surface area (TPSA) is 95.7 Å². The average molecular weight is 497 g/mol. The number of nitrogens with zero attached hydrogens (tertiary/aromatic N) is 3. The SMILES string of the molecule is CC(C)Oc1cccc(-c2nn(-c3nc(C(=O)O)c(C(C)C)s3)cc2B2OC(C)(C)C(C)(C)O2)c1. The second-order valence-corrected chi connectivity index (χ2v) is 11.3. The van der Waals surface area contributed by atoms with Crippen LogP contribution >= 0.6 is 11.3 Å². The van der Waals surface area contributed by atoms with Gasteiger partial charge < -0.3 is 19.2 Å². The lowest BCUT2D eigenvalue weighted by molar-refractivity contribution is 0.00578. The van der Waals surface area contributed by atoms with E-state index < -0.39 is 24.3 Å². The van der Waals surface area contributed by atoms with Gasteiger partial charge in [0.05, 0.1) is 23.0 Å². The van der Waals surface area contributed by atoms with Gasteiger partial charge in [-0.3, -0.25) is 0 Å². The Morgan fingerprint density at radius 2 is 1.80 bits per heavy atom. The van der Waals surface area contributed by atoms with Crippen molar-refractivity contribution in [3.8, 4) is 22.1 Å². The molecule has 0 saturated carbocycles.